The molecular weight excluding hydrogens is 428 g/mol. The minimum atomic E-state index is -6.47. The lowest BCUT2D eigenvalue weighted by atomic mass is 9.99. The summed E-state index contributed by atoms with van der Waals surface area (Å²) in [5, 5.41) is 0. The molecule has 0 aliphatic carbocycles. The van der Waals surface area contributed by atoms with Gasteiger partial charge in [-0.25, -0.2) is 0 Å². The van der Waals surface area contributed by atoms with Crippen LogP contribution in [0.15, 0.2) is 48.5 Å². The van der Waals surface area contributed by atoms with E-state index in [-0.39, 0.29) is 11.4 Å². The van der Waals surface area contributed by atoms with E-state index in [1.165, 1.54) is 24.3 Å². The Balaban J connectivity index is 2.14. The quantitative estimate of drug-likeness (QED) is 0.429. The minimum absolute atomic E-state index is 0.187. The molecule has 2 aromatic rings. The molecule has 166 valence electrons. The van der Waals surface area contributed by atoms with E-state index in [4.69, 9.17) is 11.5 Å². The summed E-state index contributed by atoms with van der Waals surface area (Å²) in [6.07, 6.45) is 0. The smallest absolute Gasteiger partial charge is 0.381 e. The largest absolute Gasteiger partial charge is 0.487 e. The van der Waals surface area contributed by atoms with Gasteiger partial charge in [0.15, 0.2) is 13.2 Å². The van der Waals surface area contributed by atoms with Crippen molar-refractivity contribution in [3.05, 3.63) is 48.5 Å². The van der Waals surface area contributed by atoms with Gasteiger partial charge in [-0.15, -0.1) is 0 Å². The summed E-state index contributed by atoms with van der Waals surface area (Å²) in [5.74, 6) is -25.0. The second kappa shape index (κ2) is 8.07. The number of nitrogens with two attached hydrogens (primary N) is 2. The van der Waals surface area contributed by atoms with Gasteiger partial charge in [0.1, 0.15) is 11.5 Å². The number of halogens is 8. The molecule has 2 aromatic carbocycles. The lowest BCUT2D eigenvalue weighted by Gasteiger charge is -2.36. The number of anilines is 2. The second-order valence-electron chi connectivity index (χ2n) is 6.27. The first-order valence-corrected chi connectivity index (χ1v) is 8.17. The van der Waals surface area contributed by atoms with Gasteiger partial charge in [0.2, 0.25) is 0 Å². The Morgan fingerprint density at radius 1 is 0.533 bits per heavy atom. The van der Waals surface area contributed by atoms with Crippen LogP contribution in [0.4, 0.5) is 46.5 Å². The highest BCUT2D eigenvalue weighted by molar-refractivity contribution is 5.42. The summed E-state index contributed by atoms with van der Waals surface area (Å²) in [4.78, 5) is 0. The Hall–Kier alpha value is -2.92. The maximum Gasteiger partial charge on any atom is 0.381 e. The van der Waals surface area contributed by atoms with Crippen molar-refractivity contribution in [2.24, 2.45) is 0 Å². The molecule has 0 saturated heterocycles. The van der Waals surface area contributed by atoms with Crippen LogP contribution in [0.2, 0.25) is 0 Å². The van der Waals surface area contributed by atoms with E-state index >= 15 is 0 Å². The predicted molar refractivity (Wildman–Crippen MR) is 92.5 cm³/mol. The van der Waals surface area contributed by atoms with E-state index in [9.17, 15) is 35.1 Å². The van der Waals surface area contributed by atoms with Crippen molar-refractivity contribution in [1.29, 1.82) is 0 Å². The average Bonchev–Trinajstić information content (AvgIpc) is 2.66. The van der Waals surface area contributed by atoms with E-state index in [1.54, 1.807) is 0 Å². The number of rotatable bonds is 9. The molecule has 0 amide bonds. The predicted octanol–water partition coefficient (Wildman–Crippen LogP) is 4.85. The fourth-order valence-electron chi connectivity index (χ4n) is 2.12. The highest BCUT2D eigenvalue weighted by Crippen LogP contribution is 2.52. The van der Waals surface area contributed by atoms with Crippen LogP contribution in [0.3, 0.4) is 0 Å². The molecule has 0 unspecified atom stereocenters. The van der Waals surface area contributed by atoms with Crippen molar-refractivity contribution in [1.82, 2.24) is 0 Å². The second-order valence-corrected chi connectivity index (χ2v) is 6.27. The molecule has 0 radical (unpaired) electrons. The highest BCUT2D eigenvalue weighted by Gasteiger charge is 2.80. The van der Waals surface area contributed by atoms with Crippen LogP contribution in [-0.2, 0) is 0 Å². The molecule has 2 rings (SSSR count). The summed E-state index contributed by atoms with van der Waals surface area (Å²) in [7, 11) is 0. The van der Waals surface area contributed by atoms with Gasteiger partial charge >= 0.3 is 23.7 Å². The van der Waals surface area contributed by atoms with Crippen LogP contribution < -0.4 is 20.9 Å². The lowest BCUT2D eigenvalue weighted by molar-refractivity contribution is -0.371. The summed E-state index contributed by atoms with van der Waals surface area (Å²) in [5.41, 5.74) is 11.0. The van der Waals surface area contributed by atoms with Gasteiger partial charge < -0.3 is 20.9 Å². The monoisotopic (exact) mass is 444 g/mol. The van der Waals surface area contributed by atoms with Crippen LogP contribution in [0.5, 0.6) is 11.5 Å². The first-order chi connectivity index (χ1) is 13.7. The Morgan fingerprint density at radius 2 is 0.800 bits per heavy atom. The third-order valence-electron chi connectivity index (χ3n) is 3.91. The van der Waals surface area contributed by atoms with Gasteiger partial charge in [0.05, 0.1) is 0 Å². The molecule has 0 heterocycles. The zero-order chi connectivity index (χ0) is 22.8. The van der Waals surface area contributed by atoms with Crippen LogP contribution in [0.25, 0.3) is 0 Å². The molecule has 0 bridgehead atoms. The third kappa shape index (κ3) is 4.62. The van der Waals surface area contributed by atoms with E-state index < -0.39 is 48.4 Å². The molecule has 4 N–H and O–H groups in total. The Labute approximate surface area is 165 Å². The van der Waals surface area contributed by atoms with Crippen molar-refractivity contribution in [2.75, 3.05) is 24.7 Å². The van der Waals surface area contributed by atoms with Crippen LogP contribution in [-0.4, -0.2) is 36.9 Å². The molecular formula is C18H16F8N2O2. The normalized spacial score (nSPS) is 13.2. The molecule has 0 fully saturated rings. The number of alkyl halides is 8. The van der Waals surface area contributed by atoms with Gasteiger partial charge in [0, 0.05) is 11.4 Å². The SMILES string of the molecule is Nc1ccc(OCC(F)(F)C(F)(F)C(F)(F)C(F)(F)COc2ccc(N)cc2)cc1. The lowest BCUT2D eigenvalue weighted by Crippen LogP contribution is -2.65. The zero-order valence-electron chi connectivity index (χ0n) is 15.0. The first-order valence-electron chi connectivity index (χ1n) is 8.17. The topological polar surface area (TPSA) is 70.5 Å². The summed E-state index contributed by atoms with van der Waals surface area (Å²) >= 11 is 0. The number of ether oxygens (including phenoxy) is 2. The minimum Gasteiger partial charge on any atom is -0.487 e. The van der Waals surface area contributed by atoms with Crippen molar-refractivity contribution in [3.63, 3.8) is 0 Å². The Morgan fingerprint density at radius 3 is 1.07 bits per heavy atom. The number of benzene rings is 2. The van der Waals surface area contributed by atoms with Crippen molar-refractivity contribution < 1.29 is 44.6 Å². The van der Waals surface area contributed by atoms with Crippen molar-refractivity contribution in [3.8, 4) is 11.5 Å². The summed E-state index contributed by atoms with van der Waals surface area (Å²) < 4.78 is 120. The van der Waals surface area contributed by atoms with E-state index in [2.05, 4.69) is 9.47 Å². The fourth-order valence-corrected chi connectivity index (χ4v) is 2.12. The standard InChI is InChI=1S/C18H16F8N2O2/c19-15(20,9-29-13-5-1-11(27)2-6-13)17(23,24)18(25,26)16(21,22)10-30-14-7-3-12(28)4-8-14/h1-8H,9-10,27-28H2. The highest BCUT2D eigenvalue weighted by atomic mass is 19.4. The van der Waals surface area contributed by atoms with Gasteiger partial charge in [-0.3, -0.25) is 0 Å². The van der Waals surface area contributed by atoms with Gasteiger partial charge in [-0.2, -0.15) is 35.1 Å². The van der Waals surface area contributed by atoms with E-state index in [0.29, 0.717) is 0 Å². The number of hydrogen-bond donors (Lipinski definition) is 2. The molecule has 0 spiro atoms. The summed E-state index contributed by atoms with van der Waals surface area (Å²) in [6.45, 7) is -4.57. The molecule has 0 aliphatic heterocycles. The van der Waals surface area contributed by atoms with Crippen molar-refractivity contribution in [2.45, 2.75) is 23.7 Å². The van der Waals surface area contributed by atoms with Crippen LogP contribution in [0.1, 0.15) is 0 Å². The average molecular weight is 444 g/mol. The number of nitrogen functional groups attached to an aromatic ring is 2. The van der Waals surface area contributed by atoms with Gasteiger partial charge in [-0.05, 0) is 48.5 Å². The van der Waals surface area contributed by atoms with Crippen LogP contribution >= 0.6 is 0 Å². The van der Waals surface area contributed by atoms with Gasteiger partial charge in [-0.1, -0.05) is 0 Å². The molecule has 12 heteroatoms. The first kappa shape index (κ1) is 23.4. The van der Waals surface area contributed by atoms with Crippen molar-refractivity contribution >= 4 is 11.4 Å². The molecule has 0 aromatic heterocycles. The number of hydrogen-bond acceptors (Lipinski definition) is 4. The van der Waals surface area contributed by atoms with Gasteiger partial charge in [0.25, 0.3) is 0 Å². The molecule has 30 heavy (non-hydrogen) atoms. The maximum absolute atomic E-state index is 13.9. The zero-order valence-corrected chi connectivity index (χ0v) is 15.0. The van der Waals surface area contributed by atoms with E-state index in [1.807, 2.05) is 0 Å². The Bertz CT molecular complexity index is 771. The fraction of sp³-hybridized carbons (Fsp3) is 0.333. The third-order valence-corrected chi connectivity index (χ3v) is 3.91. The van der Waals surface area contributed by atoms with E-state index in [0.717, 1.165) is 24.3 Å². The Kier molecular flexibility index (Phi) is 6.29. The molecule has 4 nitrogen and oxygen atoms in total. The summed E-state index contributed by atoms with van der Waals surface area (Å²) in [6, 6.07) is 8.72. The maximum atomic E-state index is 13.9. The molecule has 0 saturated carbocycles. The molecule has 0 aliphatic rings. The molecule has 0 atom stereocenters. The van der Waals surface area contributed by atoms with Crippen LogP contribution in [0, 0.1) is 0 Å².